The Kier molecular flexibility index (Phi) is 16.5. The highest BCUT2D eigenvalue weighted by molar-refractivity contribution is 7.94. The molecule has 75 heavy (non-hydrogen) atoms. The van der Waals surface area contributed by atoms with Gasteiger partial charge in [0.05, 0.1) is 21.0 Å². The van der Waals surface area contributed by atoms with Gasteiger partial charge in [0.1, 0.15) is 11.4 Å². The molecule has 3 heterocycles. The Morgan fingerprint density at radius 3 is 2.09 bits per heavy atom. The largest absolute Gasteiger partial charge is 0.492 e. The van der Waals surface area contributed by atoms with E-state index in [1.54, 1.807) is 48.6 Å². The number of nitrogens with zero attached hydrogens (tertiary/aromatic N) is 4. The highest BCUT2D eigenvalue weighted by Gasteiger charge is 2.46. The van der Waals surface area contributed by atoms with Gasteiger partial charge in [-0.15, -0.1) is 9.06 Å². The number of carbonyl (C=O) groups excluding carboxylic acids is 1. The van der Waals surface area contributed by atoms with Crippen molar-refractivity contribution in [3.05, 3.63) is 114 Å². The number of allylic oxidation sites excluding steroid dienone is 6. The molecule has 0 aliphatic carbocycles. The molecular formula is C48H55N4O18S5+. The summed E-state index contributed by atoms with van der Waals surface area (Å²) in [6.07, 6.45) is 9.19. The van der Waals surface area contributed by atoms with Crippen molar-refractivity contribution in [2.24, 2.45) is 0 Å². The molecule has 0 atom stereocenters. The number of fused-ring (bicyclic) bond motifs is 6. The van der Waals surface area contributed by atoms with Crippen LogP contribution in [0.3, 0.4) is 0 Å². The zero-order valence-corrected chi connectivity index (χ0v) is 45.1. The van der Waals surface area contributed by atoms with Crippen molar-refractivity contribution in [3.63, 3.8) is 0 Å². The number of rotatable bonds is 22. The van der Waals surface area contributed by atoms with E-state index in [0.717, 1.165) is 40.1 Å². The number of benzene rings is 4. The Hall–Kier alpha value is -5.69. The molecule has 0 unspecified atom stereocenters. The van der Waals surface area contributed by atoms with Gasteiger partial charge in [-0.1, -0.05) is 55.3 Å². The van der Waals surface area contributed by atoms with E-state index in [0.29, 0.717) is 68.6 Å². The van der Waals surface area contributed by atoms with E-state index in [4.69, 9.17) is 10.1 Å². The normalized spacial score (nSPS) is 16.4. The van der Waals surface area contributed by atoms with Crippen LogP contribution < -0.4 is 9.74 Å². The van der Waals surface area contributed by atoms with Crippen LogP contribution in [0.1, 0.15) is 64.5 Å². The molecule has 0 fully saturated rings. The van der Waals surface area contributed by atoms with Crippen LogP contribution in [0.25, 0.3) is 21.5 Å². The van der Waals surface area contributed by atoms with Gasteiger partial charge < -0.3 is 20.0 Å². The predicted molar refractivity (Wildman–Crippen MR) is 278 cm³/mol. The molecule has 4 aromatic carbocycles. The van der Waals surface area contributed by atoms with Crippen LogP contribution in [0, 0.1) is 0 Å². The first-order valence-electron chi connectivity index (χ1n) is 22.9. The molecule has 7 rings (SSSR count). The summed E-state index contributed by atoms with van der Waals surface area (Å²) in [6.45, 7) is 7.96. The average Bonchev–Trinajstić information content (AvgIpc) is 3.84. The highest BCUT2D eigenvalue weighted by atomic mass is 32.2. The smallest absolute Gasteiger partial charge is 0.333 e. The monoisotopic (exact) mass is 1140 g/mol. The summed E-state index contributed by atoms with van der Waals surface area (Å²) in [5.41, 5.74) is 2.06. The van der Waals surface area contributed by atoms with Crippen LogP contribution in [0.5, 0.6) is 11.8 Å². The Bertz CT molecular complexity index is 3660. The molecule has 2 aliphatic rings. The zero-order valence-electron chi connectivity index (χ0n) is 41.0. The minimum atomic E-state index is -4.98. The number of aromatic hydroxyl groups is 2. The molecule has 0 saturated heterocycles. The van der Waals surface area contributed by atoms with Gasteiger partial charge in [0.15, 0.2) is 5.71 Å². The third-order valence-corrected chi connectivity index (χ3v) is 18.1. The maximum atomic E-state index is 14.2. The maximum absolute atomic E-state index is 14.2. The Morgan fingerprint density at radius 1 is 0.760 bits per heavy atom. The van der Waals surface area contributed by atoms with Crippen molar-refractivity contribution in [1.82, 2.24) is 9.04 Å². The van der Waals surface area contributed by atoms with Crippen LogP contribution >= 0.6 is 12.0 Å². The molecule has 6 N–H and O–H groups in total. The van der Waals surface area contributed by atoms with Crippen LogP contribution in [0.4, 0.5) is 11.4 Å². The summed E-state index contributed by atoms with van der Waals surface area (Å²) < 4.78 is 140. The van der Waals surface area contributed by atoms with Crippen molar-refractivity contribution in [2.45, 2.75) is 78.9 Å². The van der Waals surface area contributed by atoms with Crippen LogP contribution in [-0.4, -0.2) is 126 Å². The minimum Gasteiger partial charge on any atom is -0.492 e. The zero-order chi connectivity index (χ0) is 55.1. The van der Waals surface area contributed by atoms with Gasteiger partial charge in [0.2, 0.25) is 27.5 Å². The summed E-state index contributed by atoms with van der Waals surface area (Å²) in [7, 11) is -17.1. The van der Waals surface area contributed by atoms with Gasteiger partial charge in [-0.25, -0.2) is 22.8 Å². The molecule has 0 spiro atoms. The highest BCUT2D eigenvalue weighted by Crippen LogP contribution is 2.52. The number of aromatic nitrogens is 1. The van der Waals surface area contributed by atoms with E-state index < -0.39 is 84.5 Å². The van der Waals surface area contributed by atoms with Gasteiger partial charge in [0, 0.05) is 108 Å². The van der Waals surface area contributed by atoms with Crippen molar-refractivity contribution < 1.29 is 86.4 Å². The van der Waals surface area contributed by atoms with E-state index in [2.05, 4.69) is 9.37 Å². The van der Waals surface area contributed by atoms with E-state index in [-0.39, 0.29) is 48.0 Å². The number of carbonyl (C=O) groups is 1. The maximum Gasteiger partial charge on any atom is 0.333 e. The SMILES string of the molecule is CN(CCCC(=O)On1c(O)ccc1O)S(=O)(=O)c1cccc2c3c(ccc12)N(CCCS(=O)(=O)O)C(=CC=CC=CC1=[N+](CCCSOOO)c2ccc4c(S(=O)(=O)O)cc(S(=O)(=O)O)cc4c2C1(C)C)C3(C)C. The van der Waals surface area contributed by atoms with Gasteiger partial charge in [-0.05, 0) is 79.4 Å². The fourth-order valence-electron chi connectivity index (χ4n) is 9.78. The predicted octanol–water partition coefficient (Wildman–Crippen LogP) is 6.66. The Morgan fingerprint density at radius 2 is 1.44 bits per heavy atom. The van der Waals surface area contributed by atoms with Gasteiger partial charge >= 0.3 is 5.97 Å². The third-order valence-electron chi connectivity index (χ3n) is 13.1. The fourth-order valence-corrected chi connectivity index (χ4v) is 13.4. The molecule has 5 aromatic rings. The second-order valence-electron chi connectivity index (χ2n) is 18.7. The molecule has 0 amide bonds. The molecule has 0 bridgehead atoms. The van der Waals surface area contributed by atoms with Crippen molar-refractivity contribution in [2.75, 3.05) is 43.1 Å². The second kappa shape index (κ2) is 21.7. The number of hydrogen-bond acceptors (Lipinski definition) is 17. The quantitative estimate of drug-likeness (QED) is 0.00802. The fraction of sp³-hybridized carbons (Fsp3) is 0.333. The van der Waals surface area contributed by atoms with Crippen LogP contribution in [0.2, 0.25) is 0 Å². The topological polar surface area (TPSA) is 317 Å². The van der Waals surface area contributed by atoms with E-state index in [1.165, 1.54) is 19.2 Å². The number of anilines is 1. The minimum absolute atomic E-state index is 0.00761. The molecule has 0 radical (unpaired) electrons. The van der Waals surface area contributed by atoms with Gasteiger partial charge in [-0.2, -0.15) is 29.8 Å². The molecule has 27 heteroatoms. The number of hydrogen-bond donors (Lipinski definition) is 6. The van der Waals surface area contributed by atoms with Crippen LogP contribution in [-0.2, 0) is 65.4 Å². The number of sulfonamides is 1. The molecular weight excluding hydrogens is 1080 g/mol. The van der Waals surface area contributed by atoms with Crippen LogP contribution in [0.15, 0.2) is 117 Å². The summed E-state index contributed by atoms with van der Waals surface area (Å²) in [5, 5.41) is 33.1. The van der Waals surface area contributed by atoms with E-state index in [1.807, 2.05) is 49.3 Å². The second-order valence-corrected chi connectivity index (χ2v) is 25.8. The third kappa shape index (κ3) is 11.8. The summed E-state index contributed by atoms with van der Waals surface area (Å²) >= 11 is 0.844. The molecule has 2 aliphatic heterocycles. The first kappa shape index (κ1) is 57.0. The lowest BCUT2D eigenvalue weighted by molar-refractivity contribution is -0.438. The van der Waals surface area contributed by atoms with E-state index in [9.17, 15) is 62.3 Å². The van der Waals surface area contributed by atoms with Crippen molar-refractivity contribution in [1.29, 1.82) is 0 Å². The lowest BCUT2D eigenvalue weighted by Crippen LogP contribution is -2.29. The lowest BCUT2D eigenvalue weighted by atomic mass is 9.79. The first-order valence-corrected chi connectivity index (χ1v) is 29.8. The molecule has 0 saturated carbocycles. The lowest BCUT2D eigenvalue weighted by Gasteiger charge is -2.27. The molecule has 404 valence electrons. The molecule has 1 aromatic heterocycles. The summed E-state index contributed by atoms with van der Waals surface area (Å²) in [4.78, 5) is 17.9. The summed E-state index contributed by atoms with van der Waals surface area (Å²) in [6, 6.07) is 15.5. The average molecular weight is 1140 g/mol. The van der Waals surface area contributed by atoms with E-state index >= 15 is 0 Å². The Labute approximate surface area is 437 Å². The van der Waals surface area contributed by atoms with Gasteiger partial charge in [-0.3, -0.25) is 13.7 Å². The van der Waals surface area contributed by atoms with Crippen molar-refractivity contribution >= 4 is 97.0 Å². The summed E-state index contributed by atoms with van der Waals surface area (Å²) in [5.74, 6) is -2.00. The van der Waals surface area contributed by atoms with Crippen molar-refractivity contribution in [3.8, 4) is 11.8 Å². The first-order chi connectivity index (χ1) is 35.0. The van der Waals surface area contributed by atoms with Gasteiger partial charge in [0.25, 0.3) is 30.4 Å². The molecule has 22 nitrogen and oxygen atoms in total. The standard InChI is InChI=1S/C48H54N4O18S5/c1-47(2)40(15-7-6-8-16-41-48(3,4)46-35-29-31(74(62,63)64)30-39(75(65,66)67)33(35)19-21-37(46)50(41)25-11-27-71-70-69-56)51(26-12-28-72(57,58)59)36-20-18-32-34(45(36)47)13-9-14-38(32)73(60,61)49(5)24-10-17-44(55)68-52-42(53)22-23-43(52)54/h6-9,13-16,18-23,29-30H,10-12,17,24-28H2,1-5H3,(H5-,53,54,56,57,58,59,62,63,64,65,66,67)/p+1. The Balaban J connectivity index is 1.22.